The Labute approximate surface area is 108 Å². The monoisotopic (exact) mass is 249 g/mol. The molecule has 0 radical (unpaired) electrons. The molecule has 2 fully saturated rings. The number of piperidine rings is 1. The molecule has 0 aliphatic carbocycles. The van der Waals surface area contributed by atoms with Gasteiger partial charge in [0.15, 0.2) is 6.29 Å². The summed E-state index contributed by atoms with van der Waals surface area (Å²) in [5.41, 5.74) is 1.02. The molecule has 3 rings (SSSR count). The molecule has 4 heteroatoms. The Morgan fingerprint density at radius 2 is 2.17 bits per heavy atom. The lowest BCUT2D eigenvalue weighted by atomic mass is 10.1. The number of likely N-dealkylation sites (tertiary alicyclic amines) is 1. The zero-order chi connectivity index (χ0) is 12.2. The average molecular weight is 249 g/mol. The van der Waals surface area contributed by atoms with Crippen molar-refractivity contribution in [2.24, 2.45) is 0 Å². The van der Waals surface area contributed by atoms with Crippen LogP contribution in [0.3, 0.4) is 0 Å². The minimum Gasteiger partial charge on any atom is -0.345 e. The molecule has 3 heterocycles. The number of hydrogen-bond acceptors (Lipinski definition) is 3. The fourth-order valence-corrected chi connectivity index (χ4v) is 2.82. The number of quaternary nitrogens is 1. The van der Waals surface area contributed by atoms with E-state index in [0.717, 1.165) is 12.1 Å². The Morgan fingerprint density at radius 1 is 1.28 bits per heavy atom. The first-order chi connectivity index (χ1) is 8.92. The molecule has 1 N–H and O–H groups in total. The van der Waals surface area contributed by atoms with Crippen LogP contribution in [0.5, 0.6) is 0 Å². The molecule has 1 aromatic rings. The molecule has 2 atom stereocenters. The predicted octanol–water partition coefficient (Wildman–Crippen LogP) is 0.564. The average Bonchev–Trinajstić information content (AvgIpc) is 2.89. The Kier molecular flexibility index (Phi) is 3.88. The summed E-state index contributed by atoms with van der Waals surface area (Å²) in [5, 5.41) is 0. The van der Waals surface area contributed by atoms with Gasteiger partial charge in [0.2, 0.25) is 0 Å². The van der Waals surface area contributed by atoms with Crippen LogP contribution >= 0.6 is 0 Å². The smallest absolute Gasteiger partial charge is 0.186 e. The maximum Gasteiger partial charge on any atom is 0.186 e. The summed E-state index contributed by atoms with van der Waals surface area (Å²) < 4.78 is 11.7. The molecule has 2 aliphatic rings. The van der Waals surface area contributed by atoms with Crippen molar-refractivity contribution in [1.29, 1.82) is 0 Å². The highest BCUT2D eigenvalue weighted by molar-refractivity contribution is 5.10. The van der Waals surface area contributed by atoms with Gasteiger partial charge in [-0.15, -0.1) is 0 Å². The van der Waals surface area contributed by atoms with Gasteiger partial charge in [0.25, 0.3) is 0 Å². The highest BCUT2D eigenvalue weighted by Gasteiger charge is 2.30. The molecule has 4 nitrogen and oxygen atoms in total. The van der Waals surface area contributed by atoms with Crippen molar-refractivity contribution in [3.05, 3.63) is 30.1 Å². The van der Waals surface area contributed by atoms with Crippen LogP contribution in [0.25, 0.3) is 0 Å². The number of pyridine rings is 1. The maximum atomic E-state index is 5.97. The van der Waals surface area contributed by atoms with E-state index in [4.69, 9.17) is 9.47 Å². The van der Waals surface area contributed by atoms with Crippen molar-refractivity contribution in [1.82, 2.24) is 4.98 Å². The van der Waals surface area contributed by atoms with E-state index in [0.29, 0.717) is 6.61 Å². The lowest BCUT2D eigenvalue weighted by Gasteiger charge is -2.25. The number of rotatable bonds is 3. The third-order valence-electron chi connectivity index (χ3n) is 3.78. The summed E-state index contributed by atoms with van der Waals surface area (Å²) in [5.74, 6) is 0. The van der Waals surface area contributed by atoms with Crippen LogP contribution in [-0.4, -0.2) is 37.3 Å². The van der Waals surface area contributed by atoms with E-state index in [1.165, 1.54) is 32.4 Å². The molecular formula is C14H21N2O2+. The van der Waals surface area contributed by atoms with Gasteiger partial charge in [-0.1, -0.05) is 6.07 Å². The number of nitrogens with one attached hydrogen (secondary N) is 1. The van der Waals surface area contributed by atoms with E-state index in [2.05, 4.69) is 4.98 Å². The zero-order valence-corrected chi connectivity index (χ0v) is 10.7. The van der Waals surface area contributed by atoms with Crippen molar-refractivity contribution in [2.75, 3.05) is 26.2 Å². The largest absolute Gasteiger partial charge is 0.345 e. The second kappa shape index (κ2) is 5.78. The number of nitrogens with zero attached hydrogens (tertiary/aromatic N) is 1. The first kappa shape index (κ1) is 12.1. The fraction of sp³-hybridized carbons (Fsp3) is 0.643. The summed E-state index contributed by atoms with van der Waals surface area (Å²) in [6.07, 6.45) is 7.72. The normalized spacial score (nSPS) is 29.6. The third-order valence-corrected chi connectivity index (χ3v) is 3.78. The molecule has 98 valence electrons. The molecular weight excluding hydrogens is 228 g/mol. The Hall–Kier alpha value is -0.970. The summed E-state index contributed by atoms with van der Waals surface area (Å²) in [7, 11) is 0. The number of hydrogen-bond donors (Lipinski definition) is 1. The van der Waals surface area contributed by atoms with Crippen molar-refractivity contribution in [3.8, 4) is 0 Å². The van der Waals surface area contributed by atoms with E-state index in [1.54, 1.807) is 11.1 Å². The zero-order valence-electron chi connectivity index (χ0n) is 10.7. The molecule has 0 amide bonds. The van der Waals surface area contributed by atoms with Gasteiger partial charge in [-0.05, 0) is 25.3 Å². The minimum absolute atomic E-state index is 0.215. The molecule has 0 spiro atoms. The van der Waals surface area contributed by atoms with Crippen molar-refractivity contribution < 1.29 is 14.4 Å². The Morgan fingerprint density at radius 3 is 2.94 bits per heavy atom. The van der Waals surface area contributed by atoms with E-state index >= 15 is 0 Å². The van der Waals surface area contributed by atoms with Gasteiger partial charge >= 0.3 is 0 Å². The highest BCUT2D eigenvalue weighted by atomic mass is 16.7. The second-order valence-corrected chi connectivity index (χ2v) is 5.22. The maximum absolute atomic E-state index is 5.97. The minimum atomic E-state index is -0.215. The Bertz CT molecular complexity index is 365. The van der Waals surface area contributed by atoms with Gasteiger partial charge < -0.3 is 14.4 Å². The highest BCUT2D eigenvalue weighted by Crippen LogP contribution is 2.25. The molecule has 2 aliphatic heterocycles. The van der Waals surface area contributed by atoms with Crippen LogP contribution in [0.4, 0.5) is 0 Å². The lowest BCUT2D eigenvalue weighted by molar-refractivity contribution is -0.907. The third kappa shape index (κ3) is 2.88. The molecule has 2 saturated heterocycles. The number of ether oxygens (including phenoxy) is 2. The fourth-order valence-electron chi connectivity index (χ4n) is 2.82. The Balaban J connectivity index is 1.52. The van der Waals surface area contributed by atoms with Gasteiger partial charge in [-0.25, -0.2) is 0 Å². The topological polar surface area (TPSA) is 35.8 Å². The van der Waals surface area contributed by atoms with Crippen LogP contribution in [0.15, 0.2) is 24.5 Å². The quantitative estimate of drug-likeness (QED) is 0.850. The van der Waals surface area contributed by atoms with Gasteiger partial charge in [-0.3, -0.25) is 4.98 Å². The van der Waals surface area contributed by atoms with Gasteiger partial charge in [0, 0.05) is 18.0 Å². The van der Waals surface area contributed by atoms with Crippen LogP contribution < -0.4 is 4.90 Å². The summed E-state index contributed by atoms with van der Waals surface area (Å²) in [4.78, 5) is 5.77. The molecule has 0 aromatic carbocycles. The van der Waals surface area contributed by atoms with Gasteiger partial charge in [0.05, 0.1) is 19.7 Å². The SMILES string of the molecule is c1cncc([C@H]2OC[C@H](C[NH+]3CCCCC3)O2)c1. The molecule has 0 bridgehead atoms. The second-order valence-electron chi connectivity index (χ2n) is 5.22. The van der Waals surface area contributed by atoms with Crippen LogP contribution in [0.1, 0.15) is 31.1 Å². The summed E-state index contributed by atoms with van der Waals surface area (Å²) in [6, 6.07) is 3.93. The first-order valence-electron chi connectivity index (χ1n) is 6.92. The number of aromatic nitrogens is 1. The van der Waals surface area contributed by atoms with E-state index in [9.17, 15) is 0 Å². The predicted molar refractivity (Wildman–Crippen MR) is 67.2 cm³/mol. The van der Waals surface area contributed by atoms with Gasteiger partial charge in [0.1, 0.15) is 12.6 Å². The van der Waals surface area contributed by atoms with Crippen LogP contribution in [-0.2, 0) is 9.47 Å². The lowest BCUT2D eigenvalue weighted by Crippen LogP contribution is -3.13. The van der Waals surface area contributed by atoms with Crippen LogP contribution in [0, 0.1) is 0 Å². The van der Waals surface area contributed by atoms with Crippen molar-refractivity contribution in [3.63, 3.8) is 0 Å². The molecule has 0 saturated carbocycles. The molecule has 0 unspecified atom stereocenters. The van der Waals surface area contributed by atoms with E-state index < -0.39 is 0 Å². The standard InChI is InChI=1S/C14H20N2O2/c1-2-7-16(8-3-1)10-13-11-17-14(18-13)12-5-4-6-15-9-12/h4-6,9,13-14H,1-3,7-8,10-11H2/p+1/t13-,14-/m0/s1. The van der Waals surface area contributed by atoms with E-state index in [-0.39, 0.29) is 12.4 Å². The van der Waals surface area contributed by atoms with Crippen molar-refractivity contribution >= 4 is 0 Å². The van der Waals surface area contributed by atoms with Crippen LogP contribution in [0.2, 0.25) is 0 Å². The first-order valence-corrected chi connectivity index (χ1v) is 6.92. The summed E-state index contributed by atoms with van der Waals surface area (Å²) >= 11 is 0. The molecule has 1 aromatic heterocycles. The van der Waals surface area contributed by atoms with Crippen molar-refractivity contribution in [2.45, 2.75) is 31.7 Å². The van der Waals surface area contributed by atoms with Gasteiger partial charge in [-0.2, -0.15) is 0 Å². The summed E-state index contributed by atoms with van der Waals surface area (Å²) in [6.45, 7) is 4.37. The molecule has 18 heavy (non-hydrogen) atoms. The van der Waals surface area contributed by atoms with E-state index in [1.807, 2.05) is 18.3 Å².